The lowest BCUT2D eigenvalue weighted by atomic mass is 9.74. The van der Waals surface area contributed by atoms with Gasteiger partial charge < -0.3 is 15.4 Å². The molecule has 35 heavy (non-hydrogen) atoms. The van der Waals surface area contributed by atoms with Crippen LogP contribution in [-0.4, -0.2) is 30.1 Å². The molecule has 0 aromatic heterocycles. The lowest BCUT2D eigenvalue weighted by Crippen LogP contribution is -2.70. The highest BCUT2D eigenvalue weighted by Gasteiger charge is 2.50. The van der Waals surface area contributed by atoms with Crippen molar-refractivity contribution in [3.63, 3.8) is 0 Å². The van der Waals surface area contributed by atoms with Gasteiger partial charge in [0.25, 0.3) is 0 Å². The molecule has 1 aliphatic carbocycles. The molecule has 1 amide bonds. The quantitative estimate of drug-likeness (QED) is 0.344. The van der Waals surface area contributed by atoms with Gasteiger partial charge in [-0.1, -0.05) is 54.6 Å². The number of carbonyl (C=O) groups is 3. The molecule has 2 aliphatic heterocycles. The van der Waals surface area contributed by atoms with E-state index in [4.69, 9.17) is 10.5 Å². The van der Waals surface area contributed by atoms with Crippen LogP contribution in [0.25, 0.3) is 5.70 Å². The fourth-order valence-electron chi connectivity index (χ4n) is 5.19. The molecular formula is C27H22N4O4. The molecule has 4 unspecified atom stereocenters. The van der Waals surface area contributed by atoms with Gasteiger partial charge in [-0.25, -0.2) is 4.79 Å². The normalized spacial score (nSPS) is 24.6. The van der Waals surface area contributed by atoms with E-state index in [-0.39, 0.29) is 11.7 Å². The number of esters is 1. The monoisotopic (exact) mass is 466 g/mol. The van der Waals surface area contributed by atoms with Crippen molar-refractivity contribution in [2.24, 2.45) is 11.7 Å². The van der Waals surface area contributed by atoms with Crippen molar-refractivity contribution in [1.82, 2.24) is 16.0 Å². The van der Waals surface area contributed by atoms with Gasteiger partial charge in [0.15, 0.2) is 5.78 Å². The average molecular weight is 466 g/mol. The van der Waals surface area contributed by atoms with E-state index >= 15 is 0 Å². The molecule has 6 rings (SSSR count). The first-order chi connectivity index (χ1) is 17.0. The second kappa shape index (κ2) is 8.19. The van der Waals surface area contributed by atoms with Crippen LogP contribution in [0.5, 0.6) is 5.75 Å². The van der Waals surface area contributed by atoms with E-state index in [1.807, 2.05) is 30.3 Å². The van der Waals surface area contributed by atoms with Crippen molar-refractivity contribution in [2.75, 3.05) is 0 Å². The van der Waals surface area contributed by atoms with Crippen LogP contribution in [0.15, 0.2) is 84.4 Å². The SMILES string of the molecule is NC1NC(=O)C2C(NC3=C(C(=O)c4ccccc43)C2c2cccc(OC(=O)c3ccccc3)c2)N1. The maximum absolute atomic E-state index is 13.5. The molecule has 8 heteroatoms. The minimum absolute atomic E-state index is 0.124. The number of fused-ring (bicyclic) bond motifs is 3. The molecule has 1 fully saturated rings. The number of allylic oxidation sites excluding steroid dienone is 1. The van der Waals surface area contributed by atoms with E-state index in [1.165, 1.54) is 0 Å². The third kappa shape index (κ3) is 3.51. The molecule has 3 aliphatic rings. The highest BCUT2D eigenvalue weighted by molar-refractivity contribution is 6.22. The summed E-state index contributed by atoms with van der Waals surface area (Å²) >= 11 is 0. The van der Waals surface area contributed by atoms with Gasteiger partial charge in [0.1, 0.15) is 12.0 Å². The van der Waals surface area contributed by atoms with Gasteiger partial charge in [-0.3, -0.25) is 20.6 Å². The Morgan fingerprint density at radius 1 is 0.857 bits per heavy atom. The summed E-state index contributed by atoms with van der Waals surface area (Å²) in [5.74, 6) is -1.77. The molecule has 0 saturated carbocycles. The van der Waals surface area contributed by atoms with Crippen molar-refractivity contribution >= 4 is 23.4 Å². The number of Topliss-reactive ketones (excluding diaryl/α,β-unsaturated/α-hetero) is 1. The lowest BCUT2D eigenvalue weighted by molar-refractivity contribution is -0.130. The Morgan fingerprint density at radius 3 is 2.40 bits per heavy atom. The van der Waals surface area contributed by atoms with Crippen LogP contribution in [0.1, 0.15) is 37.8 Å². The van der Waals surface area contributed by atoms with Gasteiger partial charge in [0.05, 0.1) is 23.3 Å². The third-order valence-corrected chi connectivity index (χ3v) is 6.68. The first-order valence-electron chi connectivity index (χ1n) is 11.4. The van der Waals surface area contributed by atoms with Crippen LogP contribution in [0.4, 0.5) is 0 Å². The van der Waals surface area contributed by atoms with Crippen LogP contribution < -0.4 is 26.4 Å². The molecule has 1 saturated heterocycles. The Morgan fingerprint density at radius 2 is 1.60 bits per heavy atom. The highest BCUT2D eigenvalue weighted by Crippen LogP contribution is 2.47. The number of benzene rings is 3. The minimum Gasteiger partial charge on any atom is -0.423 e. The summed E-state index contributed by atoms with van der Waals surface area (Å²) in [6, 6.07) is 23.1. The Hall–Kier alpha value is -4.27. The van der Waals surface area contributed by atoms with E-state index in [2.05, 4.69) is 16.0 Å². The molecule has 5 N–H and O–H groups in total. The zero-order valence-corrected chi connectivity index (χ0v) is 18.5. The maximum atomic E-state index is 13.5. The van der Waals surface area contributed by atoms with Crippen molar-refractivity contribution < 1.29 is 19.1 Å². The lowest BCUT2D eigenvalue weighted by Gasteiger charge is -2.44. The van der Waals surface area contributed by atoms with Crippen LogP contribution in [0, 0.1) is 5.92 Å². The Bertz CT molecular complexity index is 1400. The van der Waals surface area contributed by atoms with Crippen LogP contribution in [0.2, 0.25) is 0 Å². The largest absolute Gasteiger partial charge is 0.423 e. The number of rotatable bonds is 3. The van der Waals surface area contributed by atoms with Crippen LogP contribution in [0.3, 0.4) is 0 Å². The van der Waals surface area contributed by atoms with Crippen molar-refractivity contribution in [3.05, 3.63) is 107 Å². The first kappa shape index (κ1) is 21.3. The number of carbonyl (C=O) groups excluding carboxylic acids is 3. The number of hydrogen-bond acceptors (Lipinski definition) is 7. The summed E-state index contributed by atoms with van der Waals surface area (Å²) in [5.41, 5.74) is 9.70. The molecule has 3 aromatic rings. The minimum atomic E-state index is -0.718. The first-order valence-corrected chi connectivity index (χ1v) is 11.4. The number of nitrogens with one attached hydrogen (secondary N) is 3. The summed E-state index contributed by atoms with van der Waals surface area (Å²) in [6.45, 7) is 0. The van der Waals surface area contributed by atoms with Gasteiger partial charge in [0.2, 0.25) is 5.91 Å². The van der Waals surface area contributed by atoms with Crippen LogP contribution >= 0.6 is 0 Å². The van der Waals surface area contributed by atoms with Crippen molar-refractivity contribution in [3.8, 4) is 5.75 Å². The molecule has 3 aromatic carbocycles. The van der Waals surface area contributed by atoms with Gasteiger partial charge in [0, 0.05) is 22.6 Å². The Labute approximate surface area is 201 Å². The van der Waals surface area contributed by atoms with Gasteiger partial charge >= 0.3 is 5.97 Å². The van der Waals surface area contributed by atoms with Gasteiger partial charge in [-0.05, 0) is 29.8 Å². The molecule has 2 heterocycles. The van der Waals surface area contributed by atoms with Gasteiger partial charge in [-0.15, -0.1) is 0 Å². The molecule has 0 radical (unpaired) electrons. The number of nitrogens with two attached hydrogens (primary N) is 1. The predicted molar refractivity (Wildman–Crippen MR) is 128 cm³/mol. The standard InChI is InChI=1S/C27H22N4O4/c28-27-30-24-21(25(33)31-27)19(20-22(29-24)17-11-4-5-12-18(17)23(20)32)15-9-6-10-16(13-15)35-26(34)14-7-2-1-3-8-14/h1-13,19,21,24,27,29-30H,28H2,(H,31,33). The summed E-state index contributed by atoms with van der Waals surface area (Å²) in [7, 11) is 0. The molecule has 8 nitrogen and oxygen atoms in total. The van der Waals surface area contributed by atoms with Crippen molar-refractivity contribution in [2.45, 2.75) is 18.4 Å². The summed E-state index contributed by atoms with van der Waals surface area (Å²) < 4.78 is 5.62. The van der Waals surface area contributed by atoms with Crippen molar-refractivity contribution in [1.29, 1.82) is 0 Å². The zero-order chi connectivity index (χ0) is 24.1. The highest BCUT2D eigenvalue weighted by atomic mass is 16.5. The van der Waals surface area contributed by atoms with E-state index < -0.39 is 30.3 Å². The molecule has 174 valence electrons. The zero-order valence-electron chi connectivity index (χ0n) is 18.5. The fourth-order valence-corrected chi connectivity index (χ4v) is 5.19. The van der Waals surface area contributed by atoms with E-state index in [0.29, 0.717) is 33.7 Å². The number of hydrogen-bond donors (Lipinski definition) is 4. The topological polar surface area (TPSA) is 123 Å². The third-order valence-electron chi connectivity index (χ3n) is 6.68. The molecule has 4 atom stereocenters. The molecule has 0 spiro atoms. The summed E-state index contributed by atoms with van der Waals surface area (Å²) in [4.78, 5) is 39.3. The summed E-state index contributed by atoms with van der Waals surface area (Å²) in [5, 5.41) is 9.26. The number of ether oxygens (including phenoxy) is 1. The second-order valence-corrected chi connectivity index (χ2v) is 8.77. The van der Waals surface area contributed by atoms with E-state index in [0.717, 1.165) is 5.56 Å². The number of amides is 1. The predicted octanol–water partition coefficient (Wildman–Crippen LogP) is 2.10. The van der Waals surface area contributed by atoms with Crippen LogP contribution in [-0.2, 0) is 4.79 Å². The maximum Gasteiger partial charge on any atom is 0.343 e. The smallest absolute Gasteiger partial charge is 0.343 e. The second-order valence-electron chi connectivity index (χ2n) is 8.77. The van der Waals surface area contributed by atoms with E-state index in [1.54, 1.807) is 48.5 Å². The molecule has 0 bridgehead atoms. The van der Waals surface area contributed by atoms with Gasteiger partial charge in [-0.2, -0.15) is 0 Å². The Balaban J connectivity index is 1.43. The number of ketones is 1. The Kier molecular flexibility index (Phi) is 4.98. The van der Waals surface area contributed by atoms with E-state index in [9.17, 15) is 14.4 Å². The molecular weight excluding hydrogens is 444 g/mol. The fraction of sp³-hybridized carbons (Fsp3) is 0.148. The average Bonchev–Trinajstić information content (AvgIpc) is 3.15. The summed E-state index contributed by atoms with van der Waals surface area (Å²) in [6.07, 6.45) is -1.21.